The maximum absolute atomic E-state index is 11.9. The van der Waals surface area contributed by atoms with Gasteiger partial charge in [0.15, 0.2) is 23.7 Å². The van der Waals surface area contributed by atoms with Crippen molar-refractivity contribution in [3.05, 3.63) is 48.2 Å². The number of aromatic nitrogens is 1. The predicted molar refractivity (Wildman–Crippen MR) is 98.4 cm³/mol. The molecule has 0 aliphatic carbocycles. The van der Waals surface area contributed by atoms with Crippen LogP contribution in [0.4, 0.5) is 10.5 Å². The molecule has 2 aromatic carbocycles. The van der Waals surface area contributed by atoms with Gasteiger partial charge in [-0.2, -0.15) is 0 Å². The SMILES string of the molecule is O=C(COC(=O)Cc1noc2ccccc12)NC(=O)Nc1ccc2c(c1)OCO2. The highest BCUT2D eigenvalue weighted by molar-refractivity contribution is 6.02. The number of hydrogen-bond donors (Lipinski definition) is 2. The van der Waals surface area contributed by atoms with E-state index >= 15 is 0 Å². The lowest BCUT2D eigenvalue weighted by molar-refractivity contribution is -0.147. The average molecular weight is 397 g/mol. The maximum Gasteiger partial charge on any atom is 0.325 e. The molecule has 3 amide bonds. The van der Waals surface area contributed by atoms with Gasteiger partial charge in [-0.25, -0.2) is 4.79 Å². The van der Waals surface area contributed by atoms with Gasteiger partial charge in [-0.15, -0.1) is 0 Å². The maximum atomic E-state index is 11.9. The molecule has 10 heteroatoms. The van der Waals surface area contributed by atoms with Gasteiger partial charge in [0.05, 0.1) is 6.42 Å². The number of imide groups is 1. The topological polar surface area (TPSA) is 129 Å². The number of nitrogens with zero attached hydrogens (tertiary/aromatic N) is 1. The number of nitrogens with one attached hydrogen (secondary N) is 2. The zero-order chi connectivity index (χ0) is 20.2. The Morgan fingerprint density at radius 3 is 2.79 bits per heavy atom. The highest BCUT2D eigenvalue weighted by Gasteiger charge is 2.17. The van der Waals surface area contributed by atoms with Crippen molar-refractivity contribution < 1.29 is 33.1 Å². The molecule has 0 bridgehead atoms. The van der Waals surface area contributed by atoms with Crippen molar-refractivity contribution in [1.82, 2.24) is 10.5 Å². The largest absolute Gasteiger partial charge is 0.455 e. The lowest BCUT2D eigenvalue weighted by Gasteiger charge is -2.08. The zero-order valence-electron chi connectivity index (χ0n) is 15.0. The molecule has 3 aromatic rings. The molecule has 0 fully saturated rings. The van der Waals surface area contributed by atoms with E-state index in [1.165, 1.54) is 0 Å². The summed E-state index contributed by atoms with van der Waals surface area (Å²) in [6.07, 6.45) is -0.159. The van der Waals surface area contributed by atoms with Crippen LogP contribution in [0.1, 0.15) is 5.69 Å². The Morgan fingerprint density at radius 1 is 1.07 bits per heavy atom. The first-order valence-electron chi connectivity index (χ1n) is 8.58. The first kappa shape index (κ1) is 18.3. The molecule has 4 rings (SSSR count). The number of carbonyl (C=O) groups excluding carboxylic acids is 3. The number of benzene rings is 2. The van der Waals surface area contributed by atoms with Gasteiger partial charge < -0.3 is 24.1 Å². The number of carbonyl (C=O) groups is 3. The molecule has 29 heavy (non-hydrogen) atoms. The molecule has 2 N–H and O–H groups in total. The summed E-state index contributed by atoms with van der Waals surface area (Å²) in [6.45, 7) is -0.498. The van der Waals surface area contributed by atoms with Crippen molar-refractivity contribution in [2.75, 3.05) is 18.7 Å². The van der Waals surface area contributed by atoms with Crippen LogP contribution in [-0.2, 0) is 20.7 Å². The van der Waals surface area contributed by atoms with Gasteiger partial charge in [0.25, 0.3) is 5.91 Å². The van der Waals surface area contributed by atoms with E-state index in [-0.39, 0.29) is 13.2 Å². The van der Waals surface area contributed by atoms with Crippen LogP contribution in [0.3, 0.4) is 0 Å². The molecule has 10 nitrogen and oxygen atoms in total. The molecule has 1 aliphatic heterocycles. The number of ether oxygens (including phenoxy) is 3. The van der Waals surface area contributed by atoms with Gasteiger partial charge in [0.2, 0.25) is 6.79 Å². The van der Waals surface area contributed by atoms with Crippen molar-refractivity contribution in [3.63, 3.8) is 0 Å². The van der Waals surface area contributed by atoms with Gasteiger partial charge in [0, 0.05) is 17.1 Å². The van der Waals surface area contributed by atoms with Gasteiger partial charge in [-0.3, -0.25) is 14.9 Å². The molecule has 0 saturated heterocycles. The number of esters is 1. The second-order valence-electron chi connectivity index (χ2n) is 6.03. The van der Waals surface area contributed by atoms with Crippen LogP contribution in [0.15, 0.2) is 47.0 Å². The first-order chi connectivity index (χ1) is 14.1. The van der Waals surface area contributed by atoms with Crippen molar-refractivity contribution in [2.24, 2.45) is 0 Å². The summed E-state index contributed by atoms with van der Waals surface area (Å²) in [7, 11) is 0. The standard InChI is InChI=1S/C19H15N3O7/c23-17(21-19(25)20-11-5-6-15-16(7-11)28-10-27-15)9-26-18(24)8-13-12-3-1-2-4-14(12)29-22-13/h1-7H,8-10H2,(H2,20,21,23,25). The molecular formula is C19H15N3O7. The Hall–Kier alpha value is -4.08. The van der Waals surface area contributed by atoms with Gasteiger partial charge in [-0.05, 0) is 24.3 Å². The summed E-state index contributed by atoms with van der Waals surface area (Å²) in [4.78, 5) is 35.6. The fraction of sp³-hybridized carbons (Fsp3) is 0.158. The van der Waals surface area contributed by atoms with E-state index in [0.717, 1.165) is 0 Å². The summed E-state index contributed by atoms with van der Waals surface area (Å²) in [6, 6.07) is 11.1. The molecule has 1 aromatic heterocycles. The van der Waals surface area contributed by atoms with Crippen LogP contribution >= 0.6 is 0 Å². The average Bonchev–Trinajstić information content (AvgIpc) is 3.33. The molecule has 148 valence electrons. The number of amides is 3. The lowest BCUT2D eigenvalue weighted by atomic mass is 10.2. The highest BCUT2D eigenvalue weighted by Crippen LogP contribution is 2.34. The predicted octanol–water partition coefficient (Wildman–Crippen LogP) is 1.99. The van der Waals surface area contributed by atoms with E-state index in [9.17, 15) is 14.4 Å². The third-order valence-electron chi connectivity index (χ3n) is 4.01. The number of para-hydroxylation sites is 1. The van der Waals surface area contributed by atoms with Crippen molar-refractivity contribution in [1.29, 1.82) is 0 Å². The normalized spacial score (nSPS) is 11.9. The molecule has 0 saturated carbocycles. The Morgan fingerprint density at radius 2 is 1.90 bits per heavy atom. The number of urea groups is 1. The highest BCUT2D eigenvalue weighted by atomic mass is 16.7. The lowest BCUT2D eigenvalue weighted by Crippen LogP contribution is -2.37. The molecule has 0 unspecified atom stereocenters. The molecule has 1 aliphatic rings. The van der Waals surface area contributed by atoms with Gasteiger partial charge in [-0.1, -0.05) is 17.3 Å². The quantitative estimate of drug-likeness (QED) is 0.626. The summed E-state index contributed by atoms with van der Waals surface area (Å²) < 4.78 is 20.4. The minimum Gasteiger partial charge on any atom is -0.455 e. The molecule has 0 spiro atoms. The van der Waals surface area contributed by atoms with E-state index < -0.39 is 24.5 Å². The van der Waals surface area contributed by atoms with E-state index in [2.05, 4.69) is 15.8 Å². The van der Waals surface area contributed by atoms with E-state index in [1.54, 1.807) is 42.5 Å². The van der Waals surface area contributed by atoms with E-state index in [4.69, 9.17) is 18.7 Å². The second-order valence-corrected chi connectivity index (χ2v) is 6.03. The van der Waals surface area contributed by atoms with Crippen molar-refractivity contribution in [2.45, 2.75) is 6.42 Å². The van der Waals surface area contributed by atoms with Crippen LogP contribution in [0.5, 0.6) is 11.5 Å². The summed E-state index contributed by atoms with van der Waals surface area (Å²) in [5.41, 5.74) is 1.37. The number of fused-ring (bicyclic) bond motifs is 2. The minimum absolute atomic E-state index is 0.110. The van der Waals surface area contributed by atoms with Gasteiger partial charge in [0.1, 0.15) is 5.69 Å². The van der Waals surface area contributed by atoms with Crippen LogP contribution in [0.2, 0.25) is 0 Å². The minimum atomic E-state index is -0.776. The van der Waals surface area contributed by atoms with Crippen molar-refractivity contribution in [3.8, 4) is 11.5 Å². The van der Waals surface area contributed by atoms with Gasteiger partial charge >= 0.3 is 12.0 Å². The molecule has 2 heterocycles. The summed E-state index contributed by atoms with van der Waals surface area (Å²) >= 11 is 0. The van der Waals surface area contributed by atoms with E-state index in [0.29, 0.717) is 33.8 Å². The fourth-order valence-electron chi connectivity index (χ4n) is 2.70. The Labute approximate surface area is 163 Å². The Bertz CT molecular complexity index is 1090. The fourth-order valence-corrected chi connectivity index (χ4v) is 2.70. The third-order valence-corrected chi connectivity index (χ3v) is 4.01. The van der Waals surface area contributed by atoms with Crippen LogP contribution in [-0.4, -0.2) is 36.5 Å². The second kappa shape index (κ2) is 7.89. The van der Waals surface area contributed by atoms with Crippen LogP contribution in [0, 0.1) is 0 Å². The molecular weight excluding hydrogens is 382 g/mol. The Kier molecular flexibility index (Phi) is 4.97. The van der Waals surface area contributed by atoms with Crippen molar-refractivity contribution >= 4 is 34.6 Å². The van der Waals surface area contributed by atoms with Crippen LogP contribution in [0.25, 0.3) is 11.0 Å². The number of anilines is 1. The summed E-state index contributed by atoms with van der Waals surface area (Å²) in [5, 5.41) is 9.06. The molecule has 0 atom stereocenters. The Balaban J connectivity index is 1.24. The smallest absolute Gasteiger partial charge is 0.325 e. The first-order valence-corrected chi connectivity index (χ1v) is 8.58. The van der Waals surface area contributed by atoms with E-state index in [1.807, 2.05) is 0 Å². The molecule has 0 radical (unpaired) electrons. The number of hydrogen-bond acceptors (Lipinski definition) is 8. The summed E-state index contributed by atoms with van der Waals surface area (Å²) in [5.74, 6) is -0.390. The zero-order valence-corrected chi connectivity index (χ0v) is 15.0. The van der Waals surface area contributed by atoms with Crippen LogP contribution < -0.4 is 20.1 Å². The monoisotopic (exact) mass is 397 g/mol. The third kappa shape index (κ3) is 4.26. The number of rotatable bonds is 5.